The molecule has 0 saturated heterocycles. The van der Waals surface area contributed by atoms with E-state index in [1.807, 2.05) is 12.1 Å². The summed E-state index contributed by atoms with van der Waals surface area (Å²) in [4.78, 5) is 18.8. The number of hydrogen-bond acceptors (Lipinski definition) is 3. The number of carbonyl (C=O) groups is 1. The maximum atomic E-state index is 14.4. The summed E-state index contributed by atoms with van der Waals surface area (Å²) in [6, 6.07) is 17.1. The van der Waals surface area contributed by atoms with E-state index in [1.165, 1.54) is 6.07 Å². The van der Waals surface area contributed by atoms with E-state index in [1.54, 1.807) is 56.3 Å². The molecule has 3 aromatic rings. The number of hydrogen-bond donors (Lipinski definition) is 1. The maximum absolute atomic E-state index is 14.4. The highest BCUT2D eigenvalue weighted by Crippen LogP contribution is 2.55. The molecule has 1 N–H and O–H groups in total. The Morgan fingerprint density at radius 1 is 1.00 bits per heavy atom. The van der Waals surface area contributed by atoms with Crippen molar-refractivity contribution >= 4 is 28.1 Å². The molecule has 4 nitrogen and oxygen atoms in total. The van der Waals surface area contributed by atoms with Crippen LogP contribution in [0, 0.1) is 0 Å². The monoisotopic (exact) mass is 424 g/mol. The minimum Gasteiger partial charge on any atom is -0.368 e. The van der Waals surface area contributed by atoms with Crippen LogP contribution in [0.15, 0.2) is 60.7 Å². The maximum Gasteiger partial charge on any atom is 0.430 e. The van der Waals surface area contributed by atoms with Crippen LogP contribution in [-0.4, -0.2) is 38.2 Å². The minimum atomic E-state index is -5.22. The predicted molar refractivity (Wildman–Crippen MR) is 111 cm³/mol. The van der Waals surface area contributed by atoms with Gasteiger partial charge in [-0.15, -0.1) is 0 Å². The Bertz CT molecular complexity index is 1280. The molecule has 31 heavy (non-hydrogen) atoms. The number of carbonyl (C=O) groups excluding carboxylic acids is 1. The van der Waals surface area contributed by atoms with E-state index in [9.17, 15) is 23.1 Å². The number of pyridine rings is 1. The molecule has 0 aliphatic carbocycles. The van der Waals surface area contributed by atoms with Gasteiger partial charge in [0.1, 0.15) is 0 Å². The number of benzene rings is 2. The van der Waals surface area contributed by atoms with Crippen LogP contribution >= 0.6 is 0 Å². The van der Waals surface area contributed by atoms with Crippen molar-refractivity contribution in [3.8, 4) is 0 Å². The van der Waals surface area contributed by atoms with E-state index in [2.05, 4.69) is 4.98 Å². The zero-order valence-corrected chi connectivity index (χ0v) is 16.9. The smallest absolute Gasteiger partial charge is 0.368 e. The van der Waals surface area contributed by atoms with Crippen molar-refractivity contribution in [3.63, 3.8) is 0 Å². The summed E-state index contributed by atoms with van der Waals surface area (Å²) >= 11 is 0. The molecule has 0 unspecified atom stereocenters. The van der Waals surface area contributed by atoms with Gasteiger partial charge in [0.2, 0.25) is 0 Å². The fraction of sp³-hybridized carbons (Fsp3) is 0.250. The lowest BCUT2D eigenvalue weighted by atomic mass is 9.83. The van der Waals surface area contributed by atoms with E-state index in [-0.39, 0.29) is 11.4 Å². The van der Waals surface area contributed by atoms with Gasteiger partial charge in [0.15, 0.2) is 0 Å². The molecule has 0 bridgehead atoms. The van der Waals surface area contributed by atoms with Gasteiger partial charge in [0.25, 0.3) is 11.5 Å². The molecule has 0 spiro atoms. The zero-order valence-electron chi connectivity index (χ0n) is 16.9. The summed E-state index contributed by atoms with van der Waals surface area (Å²) in [7, 11) is 0. The molecule has 1 amide bonds. The summed E-state index contributed by atoms with van der Waals surface area (Å²) in [6.07, 6.45) is -4.85. The van der Waals surface area contributed by atoms with Gasteiger partial charge in [-0.05, 0) is 38.0 Å². The van der Waals surface area contributed by atoms with Gasteiger partial charge in [0.05, 0.1) is 22.5 Å². The van der Waals surface area contributed by atoms with Crippen LogP contribution in [0.4, 0.5) is 13.2 Å². The van der Waals surface area contributed by atoms with E-state index in [4.69, 9.17) is 0 Å². The van der Waals surface area contributed by atoms with Gasteiger partial charge >= 0.3 is 6.18 Å². The number of alkyl halides is 3. The number of amides is 1. The Morgan fingerprint density at radius 3 is 2.42 bits per heavy atom. The first-order valence-corrected chi connectivity index (χ1v) is 9.89. The van der Waals surface area contributed by atoms with Crippen LogP contribution in [0.25, 0.3) is 22.2 Å². The second kappa shape index (κ2) is 6.17. The molecule has 1 aromatic heterocycles. The van der Waals surface area contributed by atoms with E-state index in [0.717, 1.165) is 15.8 Å². The van der Waals surface area contributed by atoms with Gasteiger partial charge in [-0.25, -0.2) is 4.98 Å². The van der Waals surface area contributed by atoms with Crippen LogP contribution in [0.1, 0.15) is 30.7 Å². The second-order valence-electron chi connectivity index (χ2n) is 8.61. The Hall–Kier alpha value is -3.19. The van der Waals surface area contributed by atoms with Crippen LogP contribution in [0.3, 0.4) is 0 Å². The highest BCUT2D eigenvalue weighted by atomic mass is 19.4. The number of rotatable bonds is 1. The van der Waals surface area contributed by atoms with Crippen molar-refractivity contribution in [2.75, 3.05) is 0 Å². The number of para-hydroxylation sites is 1. The molecule has 5 rings (SSSR count). The predicted octanol–water partition coefficient (Wildman–Crippen LogP) is 4.57. The van der Waals surface area contributed by atoms with Crippen LogP contribution in [-0.2, 0) is 11.2 Å². The third-order valence-electron chi connectivity index (χ3n) is 6.10. The van der Waals surface area contributed by atoms with Gasteiger partial charge in [0, 0.05) is 16.5 Å². The molecule has 7 heteroatoms. The molecule has 1 atom stereocenters. The lowest BCUT2D eigenvalue weighted by Crippen LogP contribution is -2.58. The second-order valence-corrected chi connectivity index (χ2v) is 8.61. The van der Waals surface area contributed by atoms with Crippen molar-refractivity contribution in [1.82, 2.24) is 9.88 Å². The first-order valence-electron chi connectivity index (χ1n) is 9.89. The fourth-order valence-electron chi connectivity index (χ4n) is 4.71. The fourth-order valence-corrected chi connectivity index (χ4v) is 4.71. The van der Waals surface area contributed by atoms with Gasteiger partial charge < -0.3 is 10.0 Å². The molecule has 0 fully saturated rings. The summed E-state index contributed by atoms with van der Waals surface area (Å²) in [5, 5.41) is 11.8. The van der Waals surface area contributed by atoms with Gasteiger partial charge in [-0.1, -0.05) is 48.5 Å². The Morgan fingerprint density at radius 2 is 1.68 bits per heavy atom. The SMILES string of the molecule is CC1(C)Cc2ccccc2C2=C(c3ccc4ccccc4n3)[C@@](O)(C(F)(F)F)C(=O)N21. The zero-order chi connectivity index (χ0) is 22.2. The summed E-state index contributed by atoms with van der Waals surface area (Å²) in [5.41, 5.74) is -3.37. The van der Waals surface area contributed by atoms with Gasteiger partial charge in [-0.3, -0.25) is 4.79 Å². The lowest BCUT2D eigenvalue weighted by molar-refractivity contribution is -0.232. The first-order chi connectivity index (χ1) is 14.6. The highest BCUT2D eigenvalue weighted by Gasteiger charge is 2.70. The van der Waals surface area contributed by atoms with E-state index < -0.39 is 28.8 Å². The van der Waals surface area contributed by atoms with Gasteiger partial charge in [-0.2, -0.15) is 13.2 Å². The Kier molecular flexibility index (Phi) is 3.93. The number of nitrogens with zero attached hydrogens (tertiary/aromatic N) is 2. The average molecular weight is 424 g/mol. The number of aromatic nitrogens is 1. The topological polar surface area (TPSA) is 53.4 Å². The Labute approximate surface area is 176 Å². The molecule has 2 aliphatic heterocycles. The quantitative estimate of drug-likeness (QED) is 0.623. The van der Waals surface area contributed by atoms with Crippen molar-refractivity contribution in [2.45, 2.75) is 37.6 Å². The number of halogens is 3. The van der Waals surface area contributed by atoms with E-state index >= 15 is 0 Å². The molecule has 0 radical (unpaired) electrons. The van der Waals surface area contributed by atoms with Crippen molar-refractivity contribution < 1.29 is 23.1 Å². The van der Waals surface area contributed by atoms with Crippen molar-refractivity contribution in [2.24, 2.45) is 0 Å². The lowest BCUT2D eigenvalue weighted by Gasteiger charge is -2.43. The standard InChI is InChI=1S/C24H19F3N2O2/c1-22(2)13-15-8-3-5-9-16(15)20-19(23(31,24(25,26)27)21(30)29(20)22)18-12-11-14-7-4-6-10-17(14)28-18/h3-12,31H,13H2,1-2H3/t23-/m0/s1. The Balaban J connectivity index is 1.91. The molecular weight excluding hydrogens is 405 g/mol. The van der Waals surface area contributed by atoms with Crippen LogP contribution in [0.5, 0.6) is 0 Å². The highest BCUT2D eigenvalue weighted by molar-refractivity contribution is 6.18. The minimum absolute atomic E-state index is 0.0689. The molecule has 0 saturated carbocycles. The van der Waals surface area contributed by atoms with Crippen molar-refractivity contribution in [1.29, 1.82) is 0 Å². The molecule has 2 aliphatic rings. The number of fused-ring (bicyclic) bond motifs is 4. The number of aliphatic hydroxyl groups is 1. The van der Waals surface area contributed by atoms with Crippen LogP contribution < -0.4 is 0 Å². The molecular formula is C24H19F3N2O2. The third-order valence-corrected chi connectivity index (χ3v) is 6.10. The van der Waals surface area contributed by atoms with Crippen molar-refractivity contribution in [3.05, 3.63) is 77.5 Å². The summed E-state index contributed by atoms with van der Waals surface area (Å²) in [6.45, 7) is 3.41. The molecule has 2 aromatic carbocycles. The summed E-state index contributed by atoms with van der Waals surface area (Å²) in [5.74, 6) is -1.39. The largest absolute Gasteiger partial charge is 0.430 e. The van der Waals surface area contributed by atoms with Crippen LogP contribution in [0.2, 0.25) is 0 Å². The molecule has 158 valence electrons. The summed E-state index contributed by atoms with van der Waals surface area (Å²) < 4.78 is 43.1. The average Bonchev–Trinajstić information content (AvgIpc) is 2.97. The normalized spacial score (nSPS) is 22.6. The van der Waals surface area contributed by atoms with E-state index in [0.29, 0.717) is 17.5 Å². The first kappa shape index (κ1) is 19.8. The molecule has 3 heterocycles. The third kappa shape index (κ3) is 2.59.